The lowest BCUT2D eigenvalue weighted by Gasteiger charge is -2.23. The molecule has 1 atom stereocenters. The minimum Gasteiger partial charge on any atom is -0.465 e. The highest BCUT2D eigenvalue weighted by Crippen LogP contribution is 2.28. The molecule has 0 aliphatic heterocycles. The number of H-pyrrole nitrogens is 1. The first-order valence-corrected chi connectivity index (χ1v) is 17.7. The van der Waals surface area contributed by atoms with Gasteiger partial charge in [-0.05, 0) is 98.0 Å². The molecule has 4 N–H and O–H groups in total. The van der Waals surface area contributed by atoms with Crippen LogP contribution in [0.4, 0.5) is 11.6 Å². The molecule has 0 aliphatic carbocycles. The van der Waals surface area contributed by atoms with Crippen molar-refractivity contribution < 1.29 is 19.1 Å². The van der Waals surface area contributed by atoms with Crippen LogP contribution in [0.1, 0.15) is 49.5 Å². The van der Waals surface area contributed by atoms with Gasteiger partial charge in [-0.2, -0.15) is 0 Å². The summed E-state index contributed by atoms with van der Waals surface area (Å²) in [6, 6.07) is 17.4. The van der Waals surface area contributed by atoms with Crippen molar-refractivity contribution >= 4 is 56.0 Å². The van der Waals surface area contributed by atoms with Crippen LogP contribution in [0.25, 0.3) is 10.9 Å². The number of rotatable bonds is 14. The Balaban J connectivity index is 1.35. The number of nitrogens with two attached hydrogens (primary N) is 1. The molecule has 0 spiro atoms. The maximum absolute atomic E-state index is 13.3. The van der Waals surface area contributed by atoms with Gasteiger partial charge in [0, 0.05) is 36.2 Å². The lowest BCUT2D eigenvalue weighted by molar-refractivity contribution is -0.143. The predicted octanol–water partition coefficient (Wildman–Crippen LogP) is 5.18. The molecule has 11 nitrogen and oxygen atoms in total. The topological polar surface area (TPSA) is 153 Å². The van der Waals surface area contributed by atoms with E-state index < -0.39 is 11.6 Å². The fourth-order valence-electron chi connectivity index (χ4n) is 4.39. The molecule has 0 fully saturated rings. The van der Waals surface area contributed by atoms with Crippen LogP contribution in [-0.2, 0) is 20.8 Å². The van der Waals surface area contributed by atoms with Crippen LogP contribution in [0, 0.1) is 24.4 Å². The van der Waals surface area contributed by atoms with Crippen LogP contribution in [0.5, 0.6) is 0 Å². The zero-order valence-electron chi connectivity index (χ0n) is 27.5. The summed E-state index contributed by atoms with van der Waals surface area (Å²) in [4.78, 5) is 51.0. The third kappa shape index (κ3) is 12.1. The molecule has 4 aromatic rings. The van der Waals surface area contributed by atoms with E-state index in [1.54, 1.807) is 53.4 Å². The Morgan fingerprint density at radius 2 is 1.94 bits per heavy atom. The third-order valence-corrected chi connectivity index (χ3v) is 8.91. The van der Waals surface area contributed by atoms with Crippen molar-refractivity contribution in [2.75, 3.05) is 29.5 Å². The number of aromatic nitrogens is 3. The van der Waals surface area contributed by atoms with Gasteiger partial charge in [0.25, 0.3) is 11.5 Å². The highest BCUT2D eigenvalue weighted by Gasteiger charge is 2.17. The molecular weight excluding hydrogens is 661 g/mol. The molecule has 49 heavy (non-hydrogen) atoms. The number of nitrogens with one attached hydrogen (secondary N) is 2. The summed E-state index contributed by atoms with van der Waals surface area (Å²) in [5, 5.41) is 4.21. The van der Waals surface area contributed by atoms with Crippen LogP contribution in [0.2, 0.25) is 0 Å². The monoisotopic (exact) mass is 698 g/mol. The summed E-state index contributed by atoms with van der Waals surface area (Å²) in [7, 11) is 3.07. The Bertz CT molecular complexity index is 1890. The normalized spacial score (nSPS) is 11.5. The van der Waals surface area contributed by atoms with E-state index in [9.17, 15) is 14.4 Å². The number of amides is 1. The van der Waals surface area contributed by atoms with Crippen LogP contribution < -0.4 is 21.5 Å². The molecule has 0 bridgehead atoms. The maximum atomic E-state index is 13.3. The second-order valence-corrected chi connectivity index (χ2v) is 14.2. The number of hydrogen-bond donors (Lipinski definition) is 3. The minimum atomic E-state index is -0.657. The number of esters is 1. The smallest absolute Gasteiger partial charge is 0.305 e. The molecule has 0 radical (unpaired) electrons. The summed E-state index contributed by atoms with van der Waals surface area (Å²) in [6.45, 7) is 6.58. The molecule has 0 aliphatic rings. The molecule has 0 saturated heterocycles. The Morgan fingerprint density at radius 3 is 2.65 bits per heavy atom. The molecule has 4 rings (SSSR count). The molecule has 0 saturated carbocycles. The molecule has 2 aromatic carbocycles. The summed E-state index contributed by atoms with van der Waals surface area (Å²) < 4.78 is 10.9. The highest BCUT2D eigenvalue weighted by atomic mass is 33.1. The van der Waals surface area contributed by atoms with Crippen LogP contribution >= 0.6 is 21.6 Å². The van der Waals surface area contributed by atoms with Gasteiger partial charge in [-0.3, -0.25) is 19.4 Å². The number of nitrogen functional groups attached to an aromatic ring is 1. The van der Waals surface area contributed by atoms with Crippen molar-refractivity contribution in [1.29, 1.82) is 0 Å². The van der Waals surface area contributed by atoms with Gasteiger partial charge in [0.05, 0.1) is 23.5 Å². The molecular formula is C36H38N6O5S2. The molecule has 13 heteroatoms. The van der Waals surface area contributed by atoms with Crippen molar-refractivity contribution in [3.05, 3.63) is 88.3 Å². The van der Waals surface area contributed by atoms with Gasteiger partial charge in [-0.1, -0.05) is 28.8 Å². The minimum absolute atomic E-state index is 0.0556. The highest BCUT2D eigenvalue weighted by molar-refractivity contribution is 8.76. The number of carbonyl (C=O) groups excluding carboxylic acids is 2. The molecule has 1 amide bonds. The Hall–Kier alpha value is -5.11. The van der Waals surface area contributed by atoms with Crippen molar-refractivity contribution in [3.8, 4) is 24.4 Å². The van der Waals surface area contributed by atoms with Gasteiger partial charge in [0.2, 0.25) is 5.95 Å². The summed E-state index contributed by atoms with van der Waals surface area (Å²) in [5.74, 6) is 5.52. The fourth-order valence-corrected chi connectivity index (χ4v) is 6.10. The SMILES string of the molecule is C#CCN(Cc1ccc2nc(N)[nH]c(=O)c2c1)c1ccc(C(=O)NC(C#COC(C)(C)C)CCC(=O)OCCSSc2ccccn2)cc1. The Kier molecular flexibility index (Phi) is 13.4. The van der Waals surface area contributed by atoms with Crippen molar-refractivity contribution in [2.24, 2.45) is 0 Å². The van der Waals surface area contributed by atoms with E-state index in [1.807, 2.05) is 49.9 Å². The van der Waals surface area contributed by atoms with E-state index in [0.29, 0.717) is 35.3 Å². The molecule has 2 aromatic heterocycles. The molecule has 1 unspecified atom stereocenters. The quantitative estimate of drug-likeness (QED) is 0.0692. The number of hydrogen-bond acceptors (Lipinski definition) is 11. The number of nitrogens with zero attached hydrogens (tertiary/aromatic N) is 3. The number of benzene rings is 2. The number of pyridine rings is 1. The van der Waals surface area contributed by atoms with Gasteiger partial charge < -0.3 is 25.4 Å². The second kappa shape index (κ2) is 17.9. The first kappa shape index (κ1) is 36.7. The van der Waals surface area contributed by atoms with Gasteiger partial charge in [0.1, 0.15) is 23.3 Å². The fraction of sp³-hybridized carbons (Fsp3) is 0.306. The number of carbonyl (C=O) groups is 2. The average molecular weight is 699 g/mol. The molecule has 254 valence electrons. The lowest BCUT2D eigenvalue weighted by atomic mass is 10.1. The summed E-state index contributed by atoms with van der Waals surface area (Å²) in [5.41, 5.74) is 7.38. The van der Waals surface area contributed by atoms with Crippen molar-refractivity contribution in [3.63, 3.8) is 0 Å². The lowest BCUT2D eigenvalue weighted by Crippen LogP contribution is -2.34. The summed E-state index contributed by atoms with van der Waals surface area (Å²) >= 11 is 0. The number of anilines is 2. The van der Waals surface area contributed by atoms with E-state index in [4.69, 9.17) is 21.6 Å². The average Bonchev–Trinajstić information content (AvgIpc) is 3.07. The van der Waals surface area contributed by atoms with E-state index in [-0.39, 0.29) is 42.8 Å². The number of aromatic amines is 1. The predicted molar refractivity (Wildman–Crippen MR) is 196 cm³/mol. The number of terminal acetylenes is 1. The maximum Gasteiger partial charge on any atom is 0.305 e. The zero-order chi connectivity index (χ0) is 35.2. The standard InChI is InChI=1S/C36H38N6O5S2/c1-5-19-42(24-25-9-15-30-29(23-25)34(45)41-35(37)40-30)28-13-10-26(11-14-28)33(44)39-27(17-20-47-36(2,3)4)12-16-32(43)46-21-22-48-49-31-8-6-7-18-38-31/h1,6-11,13-15,18,23,27H,12,16,19,21-22,24H2,2-4H3,(H,39,44)(H3,37,40,41,45). The van der Waals surface area contributed by atoms with Crippen molar-refractivity contribution in [1.82, 2.24) is 20.3 Å². The third-order valence-electron chi connectivity index (χ3n) is 6.68. The Labute approximate surface area is 293 Å². The van der Waals surface area contributed by atoms with Crippen LogP contribution in [0.15, 0.2) is 76.7 Å². The van der Waals surface area contributed by atoms with E-state index in [1.165, 1.54) is 10.8 Å². The van der Waals surface area contributed by atoms with Crippen LogP contribution in [-0.4, -0.2) is 57.4 Å². The van der Waals surface area contributed by atoms with Crippen molar-refractivity contribution in [2.45, 2.75) is 56.8 Å². The van der Waals surface area contributed by atoms with E-state index in [2.05, 4.69) is 38.2 Å². The van der Waals surface area contributed by atoms with E-state index >= 15 is 0 Å². The first-order valence-electron chi connectivity index (χ1n) is 15.4. The van der Waals surface area contributed by atoms with Crippen LogP contribution in [0.3, 0.4) is 0 Å². The van der Waals surface area contributed by atoms with E-state index in [0.717, 1.165) is 16.3 Å². The van der Waals surface area contributed by atoms with Gasteiger partial charge >= 0.3 is 5.97 Å². The first-order chi connectivity index (χ1) is 23.5. The largest absolute Gasteiger partial charge is 0.465 e. The van der Waals surface area contributed by atoms with Gasteiger partial charge in [-0.15, -0.1) is 6.42 Å². The summed E-state index contributed by atoms with van der Waals surface area (Å²) in [6.07, 6.45) is 10.4. The Morgan fingerprint density at radius 1 is 1.14 bits per heavy atom. The van der Waals surface area contributed by atoms with Gasteiger partial charge in [-0.25, -0.2) is 9.97 Å². The zero-order valence-corrected chi connectivity index (χ0v) is 29.2. The number of fused-ring (bicyclic) bond motifs is 1. The van der Waals surface area contributed by atoms with Gasteiger partial charge in [0.15, 0.2) is 0 Å². The number of ether oxygens (including phenoxy) is 2. The molecule has 2 heterocycles. The second-order valence-electron chi connectivity index (χ2n) is 11.7.